The molecule has 0 aromatic heterocycles. The van der Waals surface area contributed by atoms with Gasteiger partial charge in [0.2, 0.25) is 0 Å². The van der Waals surface area contributed by atoms with Crippen LogP contribution in [0.15, 0.2) is 0 Å². The van der Waals surface area contributed by atoms with E-state index >= 15 is 0 Å². The van der Waals surface area contributed by atoms with E-state index in [9.17, 15) is 0 Å². The van der Waals surface area contributed by atoms with Crippen molar-refractivity contribution in [3.8, 4) is 0 Å². The fraction of sp³-hybridized carbons (Fsp3) is 1.00. The van der Waals surface area contributed by atoms with E-state index in [1.165, 1.54) is 32.1 Å². The Balaban J connectivity index is 2.20. The molecule has 2 nitrogen and oxygen atoms in total. The Bertz CT molecular complexity index is 125. The first kappa shape index (κ1) is 10.0. The molecule has 1 aliphatic carbocycles. The van der Waals surface area contributed by atoms with Crippen LogP contribution in [0, 0.1) is 0 Å². The van der Waals surface area contributed by atoms with Crippen molar-refractivity contribution in [2.75, 3.05) is 0 Å². The Kier molecular flexibility index (Phi) is 4.02. The molecule has 0 heterocycles. The molecule has 0 aromatic carbocycles. The first-order valence-corrected chi connectivity index (χ1v) is 5.25. The first-order chi connectivity index (χ1) is 5.74. The van der Waals surface area contributed by atoms with Crippen molar-refractivity contribution in [2.45, 2.75) is 64.1 Å². The van der Waals surface area contributed by atoms with Crippen LogP contribution in [-0.2, 0) is 0 Å². The normalized spacial score (nSPS) is 32.2. The maximum absolute atomic E-state index is 5.96. The molecule has 1 fully saturated rings. The summed E-state index contributed by atoms with van der Waals surface area (Å²) in [4.78, 5) is 0. The smallest absolute Gasteiger partial charge is 0.0221 e. The molecule has 1 saturated carbocycles. The SMILES string of the molecule is CCCC(C)NC1CCCC1N. The van der Waals surface area contributed by atoms with E-state index in [0.29, 0.717) is 18.1 Å². The Morgan fingerprint density at radius 3 is 2.75 bits per heavy atom. The van der Waals surface area contributed by atoms with E-state index < -0.39 is 0 Å². The summed E-state index contributed by atoms with van der Waals surface area (Å²) in [6, 6.07) is 1.64. The Labute approximate surface area is 75.9 Å². The molecule has 0 aromatic rings. The highest BCUT2D eigenvalue weighted by Crippen LogP contribution is 2.17. The second-order valence-corrected chi connectivity index (χ2v) is 4.06. The van der Waals surface area contributed by atoms with E-state index in [1.807, 2.05) is 0 Å². The highest BCUT2D eigenvalue weighted by molar-refractivity contribution is 4.87. The second-order valence-electron chi connectivity index (χ2n) is 4.06. The predicted molar refractivity (Wildman–Crippen MR) is 53.1 cm³/mol. The lowest BCUT2D eigenvalue weighted by molar-refractivity contribution is 0.402. The molecule has 2 heteroatoms. The van der Waals surface area contributed by atoms with E-state index in [2.05, 4.69) is 19.2 Å². The lowest BCUT2D eigenvalue weighted by Gasteiger charge is -2.22. The molecule has 72 valence electrons. The van der Waals surface area contributed by atoms with Gasteiger partial charge in [0.05, 0.1) is 0 Å². The third kappa shape index (κ3) is 2.76. The van der Waals surface area contributed by atoms with Crippen molar-refractivity contribution in [2.24, 2.45) is 5.73 Å². The van der Waals surface area contributed by atoms with Crippen molar-refractivity contribution in [1.82, 2.24) is 5.32 Å². The number of rotatable bonds is 4. The average molecular weight is 170 g/mol. The van der Waals surface area contributed by atoms with Gasteiger partial charge < -0.3 is 11.1 Å². The summed E-state index contributed by atoms with van der Waals surface area (Å²) in [6.45, 7) is 4.49. The van der Waals surface area contributed by atoms with E-state index in [0.717, 1.165) is 0 Å². The highest BCUT2D eigenvalue weighted by atomic mass is 15.0. The molecule has 3 unspecified atom stereocenters. The van der Waals surface area contributed by atoms with Gasteiger partial charge in [0.1, 0.15) is 0 Å². The zero-order valence-electron chi connectivity index (χ0n) is 8.34. The van der Waals surface area contributed by atoms with Crippen LogP contribution in [0.1, 0.15) is 46.0 Å². The summed E-state index contributed by atoms with van der Waals surface area (Å²) in [5.41, 5.74) is 5.96. The zero-order valence-corrected chi connectivity index (χ0v) is 8.34. The molecule has 3 atom stereocenters. The molecule has 12 heavy (non-hydrogen) atoms. The van der Waals surface area contributed by atoms with Crippen molar-refractivity contribution >= 4 is 0 Å². The Hall–Kier alpha value is -0.0800. The first-order valence-electron chi connectivity index (χ1n) is 5.25. The number of hydrogen-bond acceptors (Lipinski definition) is 2. The van der Waals surface area contributed by atoms with E-state index in [4.69, 9.17) is 5.73 Å². The van der Waals surface area contributed by atoms with Crippen molar-refractivity contribution in [3.63, 3.8) is 0 Å². The van der Waals surface area contributed by atoms with Gasteiger partial charge in [0.15, 0.2) is 0 Å². The van der Waals surface area contributed by atoms with Crippen LogP contribution < -0.4 is 11.1 Å². The molecule has 0 spiro atoms. The quantitative estimate of drug-likeness (QED) is 0.673. The van der Waals surface area contributed by atoms with Gasteiger partial charge in [-0.2, -0.15) is 0 Å². The van der Waals surface area contributed by atoms with Gasteiger partial charge in [-0.25, -0.2) is 0 Å². The lowest BCUT2D eigenvalue weighted by atomic mass is 10.1. The summed E-state index contributed by atoms with van der Waals surface area (Å²) < 4.78 is 0. The van der Waals surface area contributed by atoms with E-state index in [-0.39, 0.29) is 0 Å². The fourth-order valence-electron chi connectivity index (χ4n) is 2.08. The summed E-state index contributed by atoms with van der Waals surface area (Å²) in [6.07, 6.45) is 6.31. The summed E-state index contributed by atoms with van der Waals surface area (Å²) >= 11 is 0. The molecule has 3 N–H and O–H groups in total. The van der Waals surface area contributed by atoms with E-state index in [1.54, 1.807) is 0 Å². The van der Waals surface area contributed by atoms with Crippen LogP contribution in [0.3, 0.4) is 0 Å². The summed E-state index contributed by atoms with van der Waals surface area (Å²) in [7, 11) is 0. The topological polar surface area (TPSA) is 38.0 Å². The molecule has 0 amide bonds. The van der Waals surface area contributed by atoms with Crippen LogP contribution in [0.4, 0.5) is 0 Å². The molecule has 0 aliphatic heterocycles. The maximum Gasteiger partial charge on any atom is 0.0221 e. The van der Waals surface area contributed by atoms with Gasteiger partial charge in [0.25, 0.3) is 0 Å². The molecular weight excluding hydrogens is 148 g/mol. The molecular formula is C10H22N2. The van der Waals surface area contributed by atoms with Crippen LogP contribution in [0.25, 0.3) is 0 Å². The molecule has 1 aliphatic rings. The van der Waals surface area contributed by atoms with Crippen molar-refractivity contribution in [1.29, 1.82) is 0 Å². The maximum atomic E-state index is 5.96. The molecule has 0 bridgehead atoms. The molecule has 0 saturated heterocycles. The average Bonchev–Trinajstić information content (AvgIpc) is 2.37. The Morgan fingerprint density at radius 2 is 2.25 bits per heavy atom. The monoisotopic (exact) mass is 170 g/mol. The van der Waals surface area contributed by atoms with Gasteiger partial charge in [0, 0.05) is 18.1 Å². The van der Waals surface area contributed by atoms with Crippen molar-refractivity contribution in [3.05, 3.63) is 0 Å². The molecule has 0 radical (unpaired) electrons. The third-order valence-electron chi connectivity index (χ3n) is 2.79. The molecule has 1 rings (SSSR count). The van der Waals surface area contributed by atoms with Gasteiger partial charge in [-0.3, -0.25) is 0 Å². The minimum absolute atomic E-state index is 0.407. The number of nitrogens with one attached hydrogen (secondary N) is 1. The Morgan fingerprint density at radius 1 is 1.50 bits per heavy atom. The summed E-state index contributed by atoms with van der Waals surface area (Å²) in [5.74, 6) is 0. The number of nitrogens with two attached hydrogens (primary N) is 1. The predicted octanol–water partition coefficient (Wildman–Crippen LogP) is 1.64. The highest BCUT2D eigenvalue weighted by Gasteiger charge is 2.24. The zero-order chi connectivity index (χ0) is 8.97. The van der Waals surface area contributed by atoms with Crippen LogP contribution in [-0.4, -0.2) is 18.1 Å². The standard InChI is InChI=1S/C10H22N2/c1-3-5-8(2)12-10-7-4-6-9(10)11/h8-10,12H,3-7,11H2,1-2H3. The van der Waals surface area contributed by atoms with Gasteiger partial charge in [-0.1, -0.05) is 19.8 Å². The third-order valence-corrected chi connectivity index (χ3v) is 2.79. The second kappa shape index (κ2) is 4.83. The van der Waals surface area contributed by atoms with Crippen LogP contribution in [0.5, 0.6) is 0 Å². The summed E-state index contributed by atoms with van der Waals surface area (Å²) in [5, 5.41) is 3.60. The largest absolute Gasteiger partial charge is 0.326 e. The minimum Gasteiger partial charge on any atom is -0.326 e. The van der Waals surface area contributed by atoms with Crippen LogP contribution in [0.2, 0.25) is 0 Å². The van der Waals surface area contributed by atoms with Gasteiger partial charge in [-0.15, -0.1) is 0 Å². The van der Waals surface area contributed by atoms with Crippen LogP contribution >= 0.6 is 0 Å². The van der Waals surface area contributed by atoms with Gasteiger partial charge in [-0.05, 0) is 26.2 Å². The number of hydrogen-bond donors (Lipinski definition) is 2. The van der Waals surface area contributed by atoms with Crippen molar-refractivity contribution < 1.29 is 0 Å². The minimum atomic E-state index is 0.407. The lowest BCUT2D eigenvalue weighted by Crippen LogP contribution is -2.44. The fourth-order valence-corrected chi connectivity index (χ4v) is 2.08. The van der Waals surface area contributed by atoms with Gasteiger partial charge >= 0.3 is 0 Å².